The van der Waals surface area contributed by atoms with Gasteiger partial charge in [0.2, 0.25) is 0 Å². The summed E-state index contributed by atoms with van der Waals surface area (Å²) in [5, 5.41) is 0.669. The number of benzene rings is 1. The van der Waals surface area contributed by atoms with Gasteiger partial charge in [0.1, 0.15) is 17.2 Å². The Balaban J connectivity index is 2.15. The van der Waals surface area contributed by atoms with Gasteiger partial charge in [-0.25, -0.2) is 9.37 Å². The molecule has 0 N–H and O–H groups in total. The van der Waals surface area contributed by atoms with Crippen LogP contribution in [0.4, 0.5) is 10.2 Å². The molecule has 1 aromatic heterocycles. The minimum atomic E-state index is -0.340. The van der Waals surface area contributed by atoms with Gasteiger partial charge in [0.05, 0.1) is 5.56 Å². The van der Waals surface area contributed by atoms with Crippen LogP contribution >= 0.6 is 0 Å². The molecule has 1 aliphatic heterocycles. The lowest BCUT2D eigenvalue weighted by atomic mass is 10.1. The molecule has 4 heteroatoms. The Labute approximate surface area is 111 Å². The number of aldehydes is 1. The third-order valence-corrected chi connectivity index (χ3v) is 3.59. The van der Waals surface area contributed by atoms with Crippen LogP contribution in [0.15, 0.2) is 24.3 Å². The zero-order chi connectivity index (χ0) is 13.2. The average molecular weight is 258 g/mol. The first-order valence-corrected chi connectivity index (χ1v) is 6.59. The number of carbonyl (C=O) groups is 1. The lowest BCUT2D eigenvalue weighted by Gasteiger charge is -2.28. The number of carbonyl (C=O) groups excluding carboxylic acids is 1. The number of halogens is 1. The molecule has 0 spiro atoms. The fraction of sp³-hybridized carbons (Fsp3) is 0.333. The quantitative estimate of drug-likeness (QED) is 0.776. The first-order chi connectivity index (χ1) is 9.29. The van der Waals surface area contributed by atoms with Crippen molar-refractivity contribution in [3.8, 4) is 0 Å². The van der Waals surface area contributed by atoms with E-state index in [0.717, 1.165) is 32.2 Å². The van der Waals surface area contributed by atoms with Crippen LogP contribution in [0, 0.1) is 5.82 Å². The van der Waals surface area contributed by atoms with Crippen molar-refractivity contribution in [1.82, 2.24) is 4.98 Å². The van der Waals surface area contributed by atoms with E-state index in [0.29, 0.717) is 22.3 Å². The first-order valence-electron chi connectivity index (χ1n) is 6.59. The third kappa shape index (κ3) is 2.18. The minimum Gasteiger partial charge on any atom is -0.356 e. The molecule has 1 aliphatic rings. The van der Waals surface area contributed by atoms with Crippen molar-refractivity contribution in [1.29, 1.82) is 0 Å². The molecule has 0 unspecified atom stereocenters. The second-order valence-corrected chi connectivity index (χ2v) is 4.88. The fourth-order valence-electron chi connectivity index (χ4n) is 2.61. The standard InChI is InChI=1S/C15H15FN2O/c16-13-6-4-5-11-9-12(10-19)15(17-14(11)13)18-7-2-1-3-8-18/h4-6,9-10H,1-3,7-8H2. The van der Waals surface area contributed by atoms with Gasteiger partial charge in [-0.3, -0.25) is 4.79 Å². The monoisotopic (exact) mass is 258 g/mol. The predicted molar refractivity (Wildman–Crippen MR) is 73.2 cm³/mol. The Morgan fingerprint density at radius 1 is 1.21 bits per heavy atom. The minimum absolute atomic E-state index is 0.340. The van der Waals surface area contributed by atoms with Gasteiger partial charge < -0.3 is 4.90 Å². The van der Waals surface area contributed by atoms with Crippen LogP contribution in [0.1, 0.15) is 29.6 Å². The van der Waals surface area contributed by atoms with Gasteiger partial charge in [-0.15, -0.1) is 0 Å². The molecular formula is C15H15FN2O. The largest absolute Gasteiger partial charge is 0.356 e. The predicted octanol–water partition coefficient (Wildman–Crippen LogP) is 3.18. The summed E-state index contributed by atoms with van der Waals surface area (Å²) in [6, 6.07) is 6.53. The number of pyridine rings is 1. The van der Waals surface area contributed by atoms with Crippen LogP contribution in [-0.2, 0) is 0 Å². The summed E-state index contributed by atoms with van der Waals surface area (Å²) in [5.41, 5.74) is 0.883. The Hall–Kier alpha value is -1.97. The van der Waals surface area contributed by atoms with Crippen molar-refractivity contribution in [2.24, 2.45) is 0 Å². The normalized spacial score (nSPS) is 15.7. The molecule has 0 amide bonds. The van der Waals surface area contributed by atoms with Crippen molar-refractivity contribution in [2.45, 2.75) is 19.3 Å². The molecule has 0 radical (unpaired) electrons. The molecule has 1 fully saturated rings. The van der Waals surface area contributed by atoms with Gasteiger partial charge in [-0.05, 0) is 31.4 Å². The van der Waals surface area contributed by atoms with Crippen molar-refractivity contribution in [3.05, 3.63) is 35.6 Å². The van der Waals surface area contributed by atoms with E-state index in [1.165, 1.54) is 12.5 Å². The maximum absolute atomic E-state index is 13.8. The Morgan fingerprint density at radius 3 is 2.74 bits per heavy atom. The maximum Gasteiger partial charge on any atom is 0.153 e. The van der Waals surface area contributed by atoms with Crippen LogP contribution in [0.3, 0.4) is 0 Å². The number of nitrogens with zero attached hydrogens (tertiary/aromatic N) is 2. The molecule has 98 valence electrons. The Morgan fingerprint density at radius 2 is 2.00 bits per heavy atom. The number of rotatable bonds is 2. The summed E-state index contributed by atoms with van der Waals surface area (Å²) in [5.74, 6) is 0.278. The van der Waals surface area contributed by atoms with Gasteiger partial charge in [0.15, 0.2) is 6.29 Å². The van der Waals surface area contributed by atoms with E-state index in [-0.39, 0.29) is 5.82 Å². The summed E-state index contributed by atoms with van der Waals surface area (Å²) in [6.45, 7) is 1.77. The highest BCUT2D eigenvalue weighted by atomic mass is 19.1. The van der Waals surface area contributed by atoms with Crippen molar-refractivity contribution in [3.63, 3.8) is 0 Å². The van der Waals surface area contributed by atoms with E-state index in [1.807, 2.05) is 0 Å². The van der Waals surface area contributed by atoms with Gasteiger partial charge >= 0.3 is 0 Å². The second-order valence-electron chi connectivity index (χ2n) is 4.88. The van der Waals surface area contributed by atoms with Gasteiger partial charge in [-0.2, -0.15) is 0 Å². The van der Waals surface area contributed by atoms with Crippen LogP contribution in [-0.4, -0.2) is 24.4 Å². The number of aromatic nitrogens is 1. The number of para-hydroxylation sites is 1. The lowest BCUT2D eigenvalue weighted by molar-refractivity contribution is 0.112. The molecule has 3 nitrogen and oxygen atoms in total. The van der Waals surface area contributed by atoms with Gasteiger partial charge in [0.25, 0.3) is 0 Å². The molecular weight excluding hydrogens is 243 g/mol. The molecule has 3 rings (SSSR count). The molecule has 2 aromatic rings. The first kappa shape index (κ1) is 12.1. The molecule has 0 bridgehead atoms. The van der Waals surface area contributed by atoms with E-state index in [9.17, 15) is 9.18 Å². The number of anilines is 1. The van der Waals surface area contributed by atoms with E-state index < -0.39 is 0 Å². The molecule has 19 heavy (non-hydrogen) atoms. The maximum atomic E-state index is 13.8. The molecule has 0 saturated carbocycles. The summed E-state index contributed by atoms with van der Waals surface area (Å²) in [6.07, 6.45) is 4.20. The molecule has 2 heterocycles. The third-order valence-electron chi connectivity index (χ3n) is 3.59. The van der Waals surface area contributed by atoms with Crippen LogP contribution < -0.4 is 4.90 Å². The molecule has 1 aromatic carbocycles. The smallest absolute Gasteiger partial charge is 0.153 e. The summed E-state index contributed by atoms with van der Waals surface area (Å²) >= 11 is 0. The topological polar surface area (TPSA) is 33.2 Å². The van der Waals surface area contributed by atoms with E-state index >= 15 is 0 Å². The van der Waals surface area contributed by atoms with Crippen molar-refractivity contribution >= 4 is 23.0 Å². The highest BCUT2D eigenvalue weighted by molar-refractivity contribution is 5.92. The van der Waals surface area contributed by atoms with Crippen LogP contribution in [0.2, 0.25) is 0 Å². The van der Waals surface area contributed by atoms with Crippen molar-refractivity contribution in [2.75, 3.05) is 18.0 Å². The molecule has 0 aliphatic carbocycles. The summed E-state index contributed by atoms with van der Waals surface area (Å²) < 4.78 is 13.8. The van der Waals surface area contributed by atoms with Crippen LogP contribution in [0.25, 0.3) is 10.9 Å². The van der Waals surface area contributed by atoms with Crippen molar-refractivity contribution < 1.29 is 9.18 Å². The number of fused-ring (bicyclic) bond motifs is 1. The zero-order valence-corrected chi connectivity index (χ0v) is 10.6. The fourth-order valence-corrected chi connectivity index (χ4v) is 2.61. The van der Waals surface area contributed by atoms with Crippen LogP contribution in [0.5, 0.6) is 0 Å². The number of hydrogen-bond donors (Lipinski definition) is 0. The second kappa shape index (κ2) is 4.96. The summed E-state index contributed by atoms with van der Waals surface area (Å²) in [7, 11) is 0. The van der Waals surface area contributed by atoms with E-state index in [4.69, 9.17) is 0 Å². The molecule has 1 saturated heterocycles. The lowest BCUT2D eigenvalue weighted by Crippen LogP contribution is -2.31. The van der Waals surface area contributed by atoms with E-state index in [1.54, 1.807) is 18.2 Å². The number of piperidine rings is 1. The number of hydrogen-bond acceptors (Lipinski definition) is 3. The van der Waals surface area contributed by atoms with E-state index in [2.05, 4.69) is 9.88 Å². The summed E-state index contributed by atoms with van der Waals surface area (Å²) in [4.78, 5) is 17.7. The average Bonchev–Trinajstić information content (AvgIpc) is 2.47. The van der Waals surface area contributed by atoms with Gasteiger partial charge in [0, 0.05) is 18.5 Å². The highest BCUT2D eigenvalue weighted by Crippen LogP contribution is 2.26. The highest BCUT2D eigenvalue weighted by Gasteiger charge is 2.17. The zero-order valence-electron chi connectivity index (χ0n) is 10.6. The SMILES string of the molecule is O=Cc1cc2cccc(F)c2nc1N1CCCCC1. The molecule has 0 atom stereocenters. The Bertz CT molecular complexity index is 621. The Kier molecular flexibility index (Phi) is 3.15. The van der Waals surface area contributed by atoms with Gasteiger partial charge in [-0.1, -0.05) is 12.1 Å².